The smallest absolute Gasteiger partial charge is 0.327 e. The number of rotatable bonds is 10. The third-order valence-corrected chi connectivity index (χ3v) is 11.4. The summed E-state index contributed by atoms with van der Waals surface area (Å²) in [4.78, 5) is 17.2. The summed E-state index contributed by atoms with van der Waals surface area (Å²) in [7, 11) is -3.70. The van der Waals surface area contributed by atoms with E-state index in [9.17, 15) is 13.2 Å². The van der Waals surface area contributed by atoms with Crippen molar-refractivity contribution >= 4 is 27.4 Å². The van der Waals surface area contributed by atoms with Crippen LogP contribution in [0.2, 0.25) is 0 Å². The molecule has 0 radical (unpaired) electrons. The number of carbonyl (C=O) groups excluding carboxylic acids is 1. The fraction of sp³-hybridized carbons (Fsp3) is 0.343. The van der Waals surface area contributed by atoms with E-state index in [1.165, 1.54) is 11.1 Å². The maximum Gasteiger partial charge on any atom is 0.327 e. The topological polar surface area (TPSA) is 123 Å². The van der Waals surface area contributed by atoms with Gasteiger partial charge in [0.2, 0.25) is 10.0 Å². The fourth-order valence-electron chi connectivity index (χ4n) is 6.86. The van der Waals surface area contributed by atoms with Crippen molar-refractivity contribution in [3.05, 3.63) is 113 Å². The number of nitrogens with two attached hydrogens (primary N) is 1. The SMILES string of the molecule is NCc1ccc(N2C=C3C=C(c4ccc(S(=O)(=O)N(CCCN5Cc6ccccc6C5)C5CCNCC5)cc4)NC3NC2=O)cc1. The van der Waals surface area contributed by atoms with Gasteiger partial charge in [-0.1, -0.05) is 48.5 Å². The van der Waals surface area contributed by atoms with E-state index in [1.54, 1.807) is 21.3 Å². The minimum absolute atomic E-state index is 0.0194. The predicted octanol–water partition coefficient (Wildman–Crippen LogP) is 3.68. The second-order valence-corrected chi connectivity index (χ2v) is 14.3. The monoisotopic (exact) mass is 639 g/mol. The number of nitrogens with zero attached hydrogens (tertiary/aromatic N) is 3. The molecule has 0 aromatic heterocycles. The Morgan fingerprint density at radius 2 is 1.59 bits per heavy atom. The van der Waals surface area contributed by atoms with E-state index in [2.05, 4.69) is 45.1 Å². The van der Waals surface area contributed by atoms with Crippen molar-refractivity contribution < 1.29 is 13.2 Å². The highest BCUT2D eigenvalue weighted by Gasteiger charge is 2.34. The first-order chi connectivity index (χ1) is 22.4. The number of amides is 2. The Kier molecular flexibility index (Phi) is 8.67. The van der Waals surface area contributed by atoms with Gasteiger partial charge in [0, 0.05) is 56.2 Å². The first-order valence-corrected chi connectivity index (χ1v) is 17.5. The molecule has 5 N–H and O–H groups in total. The second kappa shape index (κ2) is 13.0. The Morgan fingerprint density at radius 3 is 2.26 bits per heavy atom. The number of anilines is 1. The number of sulfonamides is 1. The largest absolute Gasteiger partial charge is 0.361 e. The summed E-state index contributed by atoms with van der Waals surface area (Å²) in [6, 6.07) is 23.0. The van der Waals surface area contributed by atoms with Crippen LogP contribution in [0.15, 0.2) is 95.5 Å². The van der Waals surface area contributed by atoms with Crippen LogP contribution in [0.5, 0.6) is 0 Å². The zero-order valence-corrected chi connectivity index (χ0v) is 26.7. The van der Waals surface area contributed by atoms with E-state index in [0.717, 1.165) is 80.1 Å². The minimum Gasteiger partial charge on any atom is -0.361 e. The highest BCUT2D eigenvalue weighted by molar-refractivity contribution is 7.89. The van der Waals surface area contributed by atoms with Gasteiger partial charge in [-0.05, 0) is 84.9 Å². The number of urea groups is 1. The summed E-state index contributed by atoms with van der Waals surface area (Å²) in [5.74, 6) is 0. The van der Waals surface area contributed by atoms with E-state index in [4.69, 9.17) is 5.73 Å². The van der Waals surface area contributed by atoms with Gasteiger partial charge in [-0.15, -0.1) is 0 Å². The normalized spacial score (nSPS) is 20.2. The Balaban J connectivity index is 1.05. The van der Waals surface area contributed by atoms with Gasteiger partial charge in [0.25, 0.3) is 0 Å². The zero-order chi connectivity index (χ0) is 31.7. The number of hydrogen-bond donors (Lipinski definition) is 4. The van der Waals surface area contributed by atoms with Crippen LogP contribution < -0.4 is 26.6 Å². The number of carbonyl (C=O) groups is 1. The lowest BCUT2D eigenvalue weighted by Crippen LogP contribution is -2.51. The van der Waals surface area contributed by atoms with Crippen LogP contribution in [0.3, 0.4) is 0 Å². The molecule has 0 aliphatic carbocycles. The Bertz CT molecular complexity index is 1720. The molecule has 1 unspecified atom stereocenters. The summed E-state index contributed by atoms with van der Waals surface area (Å²) in [5, 5.41) is 9.75. The number of hydrogen-bond acceptors (Lipinski definition) is 7. The van der Waals surface area contributed by atoms with Crippen LogP contribution in [0.1, 0.15) is 41.5 Å². The number of nitrogens with one attached hydrogen (secondary N) is 3. The maximum atomic E-state index is 14.1. The molecule has 0 bridgehead atoms. The Hall–Kier alpha value is -4.00. The first-order valence-electron chi connectivity index (χ1n) is 16.1. The van der Waals surface area contributed by atoms with Gasteiger partial charge in [0.15, 0.2) is 0 Å². The summed E-state index contributed by atoms with van der Waals surface area (Å²) >= 11 is 0. The summed E-state index contributed by atoms with van der Waals surface area (Å²) in [5.41, 5.74) is 12.8. The quantitative estimate of drug-likeness (QED) is 0.267. The molecular weight excluding hydrogens is 598 g/mol. The van der Waals surface area contributed by atoms with Crippen LogP contribution in [0, 0.1) is 0 Å². The number of benzene rings is 3. The van der Waals surface area contributed by atoms with Gasteiger partial charge in [0.05, 0.1) is 10.6 Å². The maximum absolute atomic E-state index is 14.1. The second-order valence-electron chi connectivity index (χ2n) is 12.4. The van der Waals surface area contributed by atoms with Gasteiger partial charge in [-0.3, -0.25) is 9.80 Å². The molecule has 240 valence electrons. The molecule has 2 amide bonds. The molecule has 7 rings (SSSR count). The van der Waals surface area contributed by atoms with Crippen LogP contribution in [0.4, 0.5) is 10.5 Å². The molecule has 11 heteroatoms. The Morgan fingerprint density at radius 1 is 0.891 bits per heavy atom. The van der Waals surface area contributed by atoms with Crippen molar-refractivity contribution in [2.45, 2.75) is 56.0 Å². The van der Waals surface area contributed by atoms with Gasteiger partial charge >= 0.3 is 6.03 Å². The summed E-state index contributed by atoms with van der Waals surface area (Å²) in [6.07, 6.45) is 5.86. The molecule has 3 aromatic carbocycles. The molecule has 0 saturated carbocycles. The lowest BCUT2D eigenvalue weighted by Gasteiger charge is -2.34. The average molecular weight is 640 g/mol. The lowest BCUT2D eigenvalue weighted by molar-refractivity contribution is 0.230. The molecule has 10 nitrogen and oxygen atoms in total. The molecule has 1 saturated heterocycles. The van der Waals surface area contributed by atoms with E-state index in [0.29, 0.717) is 18.0 Å². The lowest BCUT2D eigenvalue weighted by atomic mass is 10.1. The summed E-state index contributed by atoms with van der Waals surface area (Å²) in [6.45, 7) is 5.27. The van der Waals surface area contributed by atoms with Crippen molar-refractivity contribution in [3.8, 4) is 0 Å². The van der Waals surface area contributed by atoms with Crippen molar-refractivity contribution in [3.63, 3.8) is 0 Å². The van der Waals surface area contributed by atoms with Crippen LogP contribution in [-0.2, 0) is 29.7 Å². The number of fused-ring (bicyclic) bond motifs is 2. The van der Waals surface area contributed by atoms with Gasteiger partial charge in [0.1, 0.15) is 6.17 Å². The van der Waals surface area contributed by atoms with E-state index < -0.39 is 10.0 Å². The third kappa shape index (κ3) is 6.21. The van der Waals surface area contributed by atoms with Crippen molar-refractivity contribution in [1.29, 1.82) is 0 Å². The van der Waals surface area contributed by atoms with Gasteiger partial charge in [-0.2, -0.15) is 4.31 Å². The molecule has 1 atom stereocenters. The zero-order valence-electron chi connectivity index (χ0n) is 25.9. The minimum atomic E-state index is -3.70. The predicted molar refractivity (Wildman–Crippen MR) is 180 cm³/mol. The molecule has 1 fully saturated rings. The molecule has 4 aliphatic rings. The molecule has 3 aromatic rings. The average Bonchev–Trinajstić information content (AvgIpc) is 3.70. The van der Waals surface area contributed by atoms with Crippen molar-refractivity contribution in [2.75, 3.05) is 31.1 Å². The Labute approximate surface area is 271 Å². The standard InChI is InChI=1S/C35H41N7O3S/c36-21-25-6-10-30(11-7-25)41-24-29-20-33(38-34(29)39-35(41)43)26-8-12-32(13-9-26)46(44,45)42(31-14-16-37-17-15-31)19-3-18-40-22-27-4-1-2-5-28(27)23-40/h1-2,4-13,20,24,31,34,37-38H,3,14-19,21-23,36H2,(H,39,43). The molecule has 4 aliphatic heterocycles. The van der Waals surface area contributed by atoms with Crippen LogP contribution >= 0.6 is 0 Å². The van der Waals surface area contributed by atoms with Crippen LogP contribution in [0.25, 0.3) is 5.70 Å². The first kappa shape index (κ1) is 30.6. The highest BCUT2D eigenvalue weighted by atomic mass is 32.2. The summed E-state index contributed by atoms with van der Waals surface area (Å²) < 4.78 is 30.0. The van der Waals surface area contributed by atoms with Crippen molar-refractivity contribution in [1.82, 2.24) is 25.2 Å². The molecule has 46 heavy (non-hydrogen) atoms. The highest BCUT2D eigenvalue weighted by Crippen LogP contribution is 2.30. The van der Waals surface area contributed by atoms with Crippen LogP contribution in [-0.4, -0.2) is 62.0 Å². The van der Waals surface area contributed by atoms with E-state index in [-0.39, 0.29) is 18.2 Å². The fourth-order valence-corrected chi connectivity index (χ4v) is 8.58. The van der Waals surface area contributed by atoms with E-state index in [1.807, 2.05) is 48.7 Å². The van der Waals surface area contributed by atoms with Gasteiger partial charge in [-0.25, -0.2) is 13.2 Å². The van der Waals surface area contributed by atoms with Crippen molar-refractivity contribution in [2.24, 2.45) is 5.73 Å². The molecule has 0 spiro atoms. The molecular formula is C35H41N7O3S. The van der Waals surface area contributed by atoms with E-state index >= 15 is 0 Å². The van der Waals surface area contributed by atoms with Gasteiger partial charge < -0.3 is 21.7 Å². The number of piperidine rings is 1. The third-order valence-electron chi connectivity index (χ3n) is 9.41. The molecule has 4 heterocycles.